The molecule has 0 radical (unpaired) electrons. The maximum absolute atomic E-state index is 8.19. The average molecular weight is 693 g/mol. The molecule has 9 nitrogen and oxygen atoms in total. The summed E-state index contributed by atoms with van der Waals surface area (Å²) in [6.07, 6.45) is 6.79. The van der Waals surface area contributed by atoms with Gasteiger partial charge in [0.25, 0.3) is 0 Å². The van der Waals surface area contributed by atoms with Gasteiger partial charge in [-0.2, -0.15) is 0 Å². The molecule has 1 unspecified atom stereocenters. The predicted octanol–water partition coefficient (Wildman–Crippen LogP) is 7.01. The van der Waals surface area contributed by atoms with E-state index in [-0.39, 0.29) is 38.4 Å². The van der Waals surface area contributed by atoms with Crippen molar-refractivity contribution in [3.05, 3.63) is 0 Å². The van der Waals surface area contributed by atoms with E-state index < -0.39 is 7.12 Å². The van der Waals surface area contributed by atoms with Crippen LogP contribution in [-0.2, 0) is 27.9 Å². The summed E-state index contributed by atoms with van der Waals surface area (Å²) in [7, 11) is 6.55. The second-order valence-corrected chi connectivity index (χ2v) is 18.5. The van der Waals surface area contributed by atoms with Crippen molar-refractivity contribution in [3.8, 4) is 0 Å². The zero-order chi connectivity index (χ0) is 36.8. The van der Waals surface area contributed by atoms with Crippen molar-refractivity contribution in [1.29, 1.82) is 0 Å². The number of rotatable bonds is 8. The van der Waals surface area contributed by atoms with Gasteiger partial charge in [-0.15, -0.1) is 0 Å². The van der Waals surface area contributed by atoms with Crippen LogP contribution in [0.2, 0.25) is 29.1 Å². The molecular weight excluding hydrogens is 621 g/mol. The molecule has 2 heterocycles. The molecule has 272 valence electrons. The second-order valence-electron chi connectivity index (χ2n) is 14.3. The predicted molar refractivity (Wildman–Crippen MR) is 209 cm³/mol. The molecule has 0 saturated carbocycles. The van der Waals surface area contributed by atoms with E-state index in [2.05, 4.69) is 114 Å². The van der Waals surface area contributed by atoms with Gasteiger partial charge in [0.05, 0.1) is 11.2 Å². The van der Waals surface area contributed by atoms with Crippen LogP contribution in [0.25, 0.3) is 0 Å². The Morgan fingerprint density at radius 3 is 1.33 bits per heavy atom. The van der Waals surface area contributed by atoms with Crippen molar-refractivity contribution in [2.45, 2.75) is 137 Å². The standard InChI is InChI=1S/C9H19BO2.C8H18BNO2.C5H13BO2.C5H13BS2.C3H9BO2/c1-7(2)10-11-8(3,4)9(5,6)12-10;1-8(2)9-11-6-4-10(3)5-7-12-9;1-5(2)6(7-3)8-4;1-5(2)6-8(4)7-3;1-3(2)4(5)6/h7H,1-6H3;8H,4-7H2,1-3H3;2*5H,1-4H3;3,5-6H,1-2H3. The van der Waals surface area contributed by atoms with Crippen LogP contribution in [0, 0.1) is 0 Å². The maximum atomic E-state index is 8.19. The molecule has 16 heteroatoms. The van der Waals surface area contributed by atoms with Gasteiger partial charge in [0, 0.05) is 40.5 Å². The Kier molecular flexibility index (Phi) is 30.4. The average Bonchev–Trinajstić information content (AvgIpc) is 3.14. The monoisotopic (exact) mass is 694 g/mol. The number of hydrogen-bond acceptors (Lipinski definition) is 10. The molecule has 0 aromatic heterocycles. The molecular formula is C30H72B5NO8S2. The van der Waals surface area contributed by atoms with Gasteiger partial charge in [-0.3, -0.25) is 0 Å². The van der Waals surface area contributed by atoms with Crippen molar-refractivity contribution in [3.63, 3.8) is 0 Å². The van der Waals surface area contributed by atoms with Crippen molar-refractivity contribution < 1.29 is 38.0 Å². The van der Waals surface area contributed by atoms with Gasteiger partial charge < -0.3 is 42.9 Å². The number of hydrogen-bond donors (Lipinski definition) is 2. The van der Waals surface area contributed by atoms with Crippen molar-refractivity contribution in [2.24, 2.45) is 0 Å². The molecule has 2 N–H and O–H groups in total. The van der Waals surface area contributed by atoms with Crippen LogP contribution in [0.3, 0.4) is 0 Å². The molecule has 1 atom stereocenters. The van der Waals surface area contributed by atoms with Crippen molar-refractivity contribution in [2.75, 3.05) is 60.1 Å². The second kappa shape index (κ2) is 27.4. The summed E-state index contributed by atoms with van der Waals surface area (Å²) >= 11 is 0. The Morgan fingerprint density at radius 2 is 1.15 bits per heavy atom. The van der Waals surface area contributed by atoms with E-state index in [0.717, 1.165) is 32.1 Å². The van der Waals surface area contributed by atoms with Crippen LogP contribution in [-0.4, -0.2) is 121 Å². The van der Waals surface area contributed by atoms with E-state index in [0.29, 0.717) is 26.8 Å². The van der Waals surface area contributed by atoms with Crippen LogP contribution in [0.4, 0.5) is 0 Å². The first kappa shape index (κ1) is 51.0. The SMILES string of the molecule is CC(C)B(O)O.CC(C)B1OC(C)(C)C(C)(C)O1.CC(C)B1OCCN(C)CCO1.COB(OC)C(C)C.CSS(C)=BC(C)C. The minimum atomic E-state index is -1.15. The summed E-state index contributed by atoms with van der Waals surface area (Å²) in [5.41, 5.74) is -0.357. The van der Waals surface area contributed by atoms with Crippen LogP contribution < -0.4 is 0 Å². The molecule has 0 aliphatic carbocycles. The van der Waals surface area contributed by atoms with E-state index in [1.165, 1.54) is 0 Å². The molecule has 2 fully saturated rings. The molecule has 0 aromatic rings. The van der Waals surface area contributed by atoms with Crippen LogP contribution in [0.1, 0.15) is 96.9 Å². The minimum absolute atomic E-state index is 0.00120. The van der Waals surface area contributed by atoms with Gasteiger partial charge in [-0.1, -0.05) is 55.4 Å². The van der Waals surface area contributed by atoms with Gasteiger partial charge in [0.15, 0.2) is 0 Å². The zero-order valence-corrected chi connectivity index (χ0v) is 34.8. The van der Waals surface area contributed by atoms with Gasteiger partial charge in [0.1, 0.15) is 0 Å². The molecule has 46 heavy (non-hydrogen) atoms. The first-order chi connectivity index (χ1) is 21.0. The van der Waals surface area contributed by atoms with E-state index in [1.807, 2.05) is 10.8 Å². The fraction of sp³-hybridized carbons (Fsp3) is 1.00. The van der Waals surface area contributed by atoms with E-state index in [9.17, 15) is 0 Å². The van der Waals surface area contributed by atoms with Crippen molar-refractivity contribution in [1.82, 2.24) is 4.90 Å². The first-order valence-electron chi connectivity index (χ1n) is 16.7. The molecule has 2 aliphatic rings. The van der Waals surface area contributed by atoms with Crippen LogP contribution in [0.15, 0.2) is 0 Å². The summed E-state index contributed by atoms with van der Waals surface area (Å²) < 4.78 is 32.6. The van der Waals surface area contributed by atoms with Crippen LogP contribution in [0.5, 0.6) is 0 Å². The van der Waals surface area contributed by atoms with Gasteiger partial charge in [0.2, 0.25) is 0 Å². The van der Waals surface area contributed by atoms with E-state index in [4.69, 9.17) is 38.0 Å². The van der Waals surface area contributed by atoms with Crippen LogP contribution >= 0.6 is 20.1 Å². The zero-order valence-electron chi connectivity index (χ0n) is 33.2. The number of nitrogens with zero attached hydrogens (tertiary/aromatic N) is 1. The van der Waals surface area contributed by atoms with Gasteiger partial charge >= 0.3 is 87.0 Å². The normalized spacial score (nSPS) is 18.3. The third-order valence-corrected chi connectivity index (χ3v) is 10.6. The van der Waals surface area contributed by atoms with Gasteiger partial charge in [-0.25, -0.2) is 0 Å². The molecule has 2 aliphatic heterocycles. The third-order valence-electron chi connectivity index (χ3n) is 7.20. The van der Waals surface area contributed by atoms with Crippen molar-refractivity contribution >= 4 is 54.8 Å². The Labute approximate surface area is 294 Å². The molecule has 0 bridgehead atoms. The third kappa shape index (κ3) is 25.6. The Balaban J connectivity index is -0.000000516. The molecule has 0 amide bonds. The van der Waals surface area contributed by atoms with Gasteiger partial charge in [-0.05, 0) is 58.0 Å². The fourth-order valence-corrected chi connectivity index (χ4v) is 5.31. The summed E-state index contributed by atoms with van der Waals surface area (Å²) in [5.74, 6) is 2.02. The quantitative estimate of drug-likeness (QED) is 0.204. The number of likely N-dealkylation sites (N-methyl/N-ethyl adjacent to an activating group) is 1. The summed E-state index contributed by atoms with van der Waals surface area (Å²) in [6.45, 7) is 32.4. The van der Waals surface area contributed by atoms with E-state index >= 15 is 0 Å². The molecule has 2 rings (SSSR count). The molecule has 0 spiro atoms. The van der Waals surface area contributed by atoms with E-state index in [1.54, 1.807) is 28.1 Å². The Bertz CT molecular complexity index is 731. The summed E-state index contributed by atoms with van der Waals surface area (Å²) in [4.78, 5) is 2.22. The molecule has 0 aromatic carbocycles. The fourth-order valence-electron chi connectivity index (χ4n) is 3.43. The molecule has 2 saturated heterocycles. The topological polar surface area (TPSA) is 99.1 Å². The summed E-state index contributed by atoms with van der Waals surface area (Å²) in [5, 5.41) is 16.4. The Morgan fingerprint density at radius 1 is 0.783 bits per heavy atom. The Hall–Kier alpha value is 0.665. The summed E-state index contributed by atoms with van der Waals surface area (Å²) in [6, 6.07) is 0. The first-order valence-corrected chi connectivity index (χ1v) is 20.2.